The van der Waals surface area contributed by atoms with Crippen LogP contribution in [0.5, 0.6) is 0 Å². The van der Waals surface area contributed by atoms with Crippen molar-refractivity contribution in [3.05, 3.63) is 69.5 Å². The number of nitrogens with zero attached hydrogens (tertiary/aromatic N) is 2. The molecule has 0 aliphatic carbocycles. The molecule has 0 radical (unpaired) electrons. The minimum Gasteiger partial charge on any atom is -0.464 e. The van der Waals surface area contributed by atoms with Crippen molar-refractivity contribution in [3.63, 3.8) is 0 Å². The molecule has 0 atom stereocenters. The molecule has 0 fully saturated rings. The van der Waals surface area contributed by atoms with Crippen LogP contribution in [0.15, 0.2) is 40.6 Å². The summed E-state index contributed by atoms with van der Waals surface area (Å²) in [7, 11) is 3.77. The van der Waals surface area contributed by atoms with Crippen molar-refractivity contribution in [3.8, 4) is 0 Å². The molecule has 7 nitrogen and oxygen atoms in total. The second kappa shape index (κ2) is 11.3. The second-order valence-electron chi connectivity index (χ2n) is 5.88. The van der Waals surface area contributed by atoms with E-state index in [0.717, 1.165) is 12.1 Å². The molecule has 2 rings (SSSR count). The Morgan fingerprint density at radius 1 is 1.06 bits per heavy atom. The van der Waals surface area contributed by atoms with Gasteiger partial charge in [0.2, 0.25) is 0 Å². The fraction of sp³-hybridized carbons (Fsp3) is 0.250. The van der Waals surface area contributed by atoms with Crippen LogP contribution in [0.1, 0.15) is 16.7 Å². The van der Waals surface area contributed by atoms with E-state index in [1.165, 1.54) is 21.3 Å². The first-order valence-electron chi connectivity index (χ1n) is 8.63. The smallest absolute Gasteiger partial charge is 0.360 e. The third-order valence-corrected chi connectivity index (χ3v) is 4.27. The topological polar surface area (TPSA) is 78.7 Å². The fourth-order valence-electron chi connectivity index (χ4n) is 2.51. The molecular weight excluding hydrogens is 441 g/mol. The first-order valence-corrected chi connectivity index (χ1v) is 9.01. The number of halogens is 4. The van der Waals surface area contributed by atoms with Crippen LogP contribution >= 0.6 is 11.6 Å². The number of ether oxygens (including phenoxy) is 2. The second-order valence-corrected chi connectivity index (χ2v) is 6.29. The van der Waals surface area contributed by atoms with Crippen LogP contribution in [0.2, 0.25) is 5.02 Å². The molecule has 0 unspecified atom stereocenters. The lowest BCUT2D eigenvalue weighted by molar-refractivity contribution is -0.132. The molecule has 2 aromatic carbocycles. The van der Waals surface area contributed by atoms with Gasteiger partial charge in [-0.1, -0.05) is 34.0 Å². The Kier molecular flexibility index (Phi) is 8.83. The summed E-state index contributed by atoms with van der Waals surface area (Å²) < 4.78 is 50.0. The van der Waals surface area contributed by atoms with E-state index in [2.05, 4.69) is 10.3 Å². The number of carbonyl (C=O) groups is 1. The molecule has 31 heavy (non-hydrogen) atoms. The summed E-state index contributed by atoms with van der Waals surface area (Å²) in [5, 5.41) is 7.73. The largest absolute Gasteiger partial charge is 0.464 e. The van der Waals surface area contributed by atoms with Gasteiger partial charge in [0.05, 0.1) is 13.7 Å². The predicted molar refractivity (Wildman–Crippen MR) is 107 cm³/mol. The fourth-order valence-corrected chi connectivity index (χ4v) is 2.74. The Balaban J connectivity index is 2.37. The van der Waals surface area contributed by atoms with E-state index in [1.807, 2.05) is 0 Å². The minimum absolute atomic E-state index is 0.00680. The highest BCUT2D eigenvalue weighted by atomic mass is 35.5. The van der Waals surface area contributed by atoms with Crippen molar-refractivity contribution in [2.24, 2.45) is 10.3 Å². The van der Waals surface area contributed by atoms with E-state index in [0.29, 0.717) is 5.56 Å². The molecule has 0 bridgehead atoms. The maximum atomic E-state index is 13.6. The van der Waals surface area contributed by atoms with Crippen LogP contribution in [-0.2, 0) is 30.6 Å². The van der Waals surface area contributed by atoms with Gasteiger partial charge in [-0.05, 0) is 18.2 Å². The van der Waals surface area contributed by atoms with Gasteiger partial charge in [-0.2, -0.15) is 0 Å². The van der Waals surface area contributed by atoms with E-state index in [-0.39, 0.29) is 40.8 Å². The number of esters is 1. The average Bonchev–Trinajstić information content (AvgIpc) is 2.75. The first kappa shape index (κ1) is 24.2. The molecule has 0 aliphatic rings. The van der Waals surface area contributed by atoms with Crippen LogP contribution < -0.4 is 0 Å². The standard InChI is InChI=1S/C20H18ClF3N2O5/c1-28-10-17(11-7-15(22)18(24)16(23)8-11)25-31-9-13-12(5-4-6-14(13)21)19(26-30-3)20(27)29-2/h4-8H,9-10H2,1-3H3/b25-17+,26-19+. The van der Waals surface area contributed by atoms with Crippen molar-refractivity contribution in [2.45, 2.75) is 6.61 Å². The van der Waals surface area contributed by atoms with E-state index in [1.54, 1.807) is 18.2 Å². The summed E-state index contributed by atoms with van der Waals surface area (Å²) in [6.45, 7) is -0.438. The van der Waals surface area contributed by atoms with Gasteiger partial charge < -0.3 is 19.1 Å². The summed E-state index contributed by atoms with van der Waals surface area (Å²) in [5.41, 5.74) is 0.349. The minimum atomic E-state index is -1.60. The van der Waals surface area contributed by atoms with Gasteiger partial charge in [0.1, 0.15) is 19.4 Å². The molecule has 2 aromatic rings. The third kappa shape index (κ3) is 5.96. The highest BCUT2D eigenvalue weighted by Crippen LogP contribution is 2.23. The van der Waals surface area contributed by atoms with Crippen molar-refractivity contribution in [2.75, 3.05) is 27.9 Å². The molecule has 0 aliphatic heterocycles. The van der Waals surface area contributed by atoms with Gasteiger partial charge in [-0.15, -0.1) is 0 Å². The molecule has 0 aromatic heterocycles. The van der Waals surface area contributed by atoms with E-state index < -0.39 is 23.4 Å². The summed E-state index contributed by atoms with van der Waals surface area (Å²) in [6, 6.07) is 6.21. The van der Waals surface area contributed by atoms with Gasteiger partial charge >= 0.3 is 5.97 Å². The molecule has 0 amide bonds. The molecule has 0 heterocycles. The Morgan fingerprint density at radius 2 is 1.74 bits per heavy atom. The lowest BCUT2D eigenvalue weighted by Crippen LogP contribution is -2.19. The molecule has 0 spiro atoms. The summed E-state index contributed by atoms with van der Waals surface area (Å²) in [4.78, 5) is 22.0. The number of methoxy groups -OCH3 is 2. The van der Waals surface area contributed by atoms with Gasteiger partial charge in [-0.25, -0.2) is 18.0 Å². The van der Waals surface area contributed by atoms with Gasteiger partial charge in [0, 0.05) is 28.8 Å². The zero-order chi connectivity index (χ0) is 23.0. The maximum absolute atomic E-state index is 13.6. The normalized spacial score (nSPS) is 12.0. The molecule has 11 heteroatoms. The van der Waals surface area contributed by atoms with E-state index >= 15 is 0 Å². The quantitative estimate of drug-likeness (QED) is 0.247. The summed E-state index contributed by atoms with van der Waals surface area (Å²) in [6.07, 6.45) is 0. The Bertz CT molecular complexity index is 991. The van der Waals surface area contributed by atoms with Crippen LogP contribution in [0.4, 0.5) is 13.2 Å². The molecule has 0 saturated carbocycles. The average molecular weight is 459 g/mol. The van der Waals surface area contributed by atoms with Gasteiger partial charge in [0.25, 0.3) is 0 Å². The highest BCUT2D eigenvalue weighted by Gasteiger charge is 2.21. The molecule has 0 N–H and O–H groups in total. The lowest BCUT2D eigenvalue weighted by Gasteiger charge is -2.12. The van der Waals surface area contributed by atoms with E-state index in [9.17, 15) is 18.0 Å². The van der Waals surface area contributed by atoms with Gasteiger partial charge in [0.15, 0.2) is 23.2 Å². The number of carbonyl (C=O) groups excluding carboxylic acids is 1. The summed E-state index contributed by atoms with van der Waals surface area (Å²) in [5.74, 6) is -5.14. The van der Waals surface area contributed by atoms with E-state index in [4.69, 9.17) is 30.7 Å². The lowest BCUT2D eigenvalue weighted by atomic mass is 10.0. The third-order valence-electron chi connectivity index (χ3n) is 3.92. The molecule has 0 saturated heterocycles. The monoisotopic (exact) mass is 458 g/mol. The zero-order valence-corrected chi connectivity index (χ0v) is 17.5. The van der Waals surface area contributed by atoms with Gasteiger partial charge in [-0.3, -0.25) is 0 Å². The summed E-state index contributed by atoms with van der Waals surface area (Å²) >= 11 is 6.23. The Hall–Kier alpha value is -3.11. The van der Waals surface area contributed by atoms with Crippen LogP contribution in [-0.4, -0.2) is 45.3 Å². The maximum Gasteiger partial charge on any atom is 0.360 e. The Morgan fingerprint density at radius 3 is 2.32 bits per heavy atom. The number of oxime groups is 2. The van der Waals surface area contributed by atoms with Crippen LogP contribution in [0.25, 0.3) is 0 Å². The number of rotatable bonds is 9. The first-order chi connectivity index (χ1) is 14.8. The number of hydrogen-bond donors (Lipinski definition) is 0. The molecule has 166 valence electrons. The van der Waals surface area contributed by atoms with Crippen molar-refractivity contribution in [1.29, 1.82) is 0 Å². The van der Waals surface area contributed by atoms with Crippen molar-refractivity contribution in [1.82, 2.24) is 0 Å². The number of hydrogen-bond acceptors (Lipinski definition) is 7. The van der Waals surface area contributed by atoms with Crippen molar-refractivity contribution >= 4 is 29.0 Å². The van der Waals surface area contributed by atoms with Crippen molar-refractivity contribution < 1.29 is 37.1 Å². The predicted octanol–water partition coefficient (Wildman–Crippen LogP) is 3.85. The zero-order valence-electron chi connectivity index (χ0n) is 16.7. The number of benzene rings is 2. The van der Waals surface area contributed by atoms with Crippen LogP contribution in [0.3, 0.4) is 0 Å². The van der Waals surface area contributed by atoms with Crippen LogP contribution in [0, 0.1) is 17.5 Å². The molecular formula is C20H18ClF3N2O5. The SMILES string of the molecule is COC/C(=N\OCc1c(Cl)cccc1/C(=N\OC)C(=O)OC)c1cc(F)c(F)c(F)c1. The highest BCUT2D eigenvalue weighted by molar-refractivity contribution is 6.44. The Labute approximate surface area is 181 Å².